The van der Waals surface area contributed by atoms with Crippen molar-refractivity contribution in [2.24, 2.45) is 0 Å². The van der Waals surface area contributed by atoms with Crippen LogP contribution in [0.25, 0.3) is 0 Å². The van der Waals surface area contributed by atoms with E-state index < -0.39 is 0 Å². The normalized spacial score (nSPS) is 9.38. The molecule has 0 atom stereocenters. The molecule has 1 amide bonds. The second-order valence-electron chi connectivity index (χ2n) is 2.91. The second-order valence-corrected chi connectivity index (χ2v) is 3.66. The minimum absolute atomic E-state index is 0. The van der Waals surface area contributed by atoms with Crippen LogP contribution >= 0.6 is 35.6 Å². The second kappa shape index (κ2) is 8.62. The Balaban J connectivity index is 0.00000225. The molecule has 0 unspecified atom stereocenters. The molecule has 0 N–H and O–H groups in total. The van der Waals surface area contributed by atoms with Gasteiger partial charge in [-0.05, 0) is 12.1 Å². The van der Waals surface area contributed by atoms with Crippen LogP contribution in [0.1, 0.15) is 10.4 Å². The first-order chi connectivity index (χ1) is 7.29. The smallest absolute Gasteiger partial charge is 0.254 e. The Labute approximate surface area is 111 Å². The predicted molar refractivity (Wildman–Crippen MR) is 68.8 cm³/mol. The van der Waals surface area contributed by atoms with Crippen molar-refractivity contribution in [1.82, 2.24) is 9.88 Å². The van der Waals surface area contributed by atoms with Crippen molar-refractivity contribution in [2.45, 2.75) is 0 Å². The fourth-order valence-electron chi connectivity index (χ4n) is 1.20. The average molecular weight is 284 g/mol. The average Bonchev–Trinajstić information content (AvgIpc) is 2.29. The number of nitrogens with zero attached hydrogens (tertiary/aromatic N) is 2. The number of amides is 1. The van der Waals surface area contributed by atoms with Crippen LogP contribution in [0.3, 0.4) is 0 Å². The van der Waals surface area contributed by atoms with Gasteiger partial charge in [0.25, 0.3) is 5.91 Å². The Morgan fingerprint density at radius 3 is 2.12 bits per heavy atom. The summed E-state index contributed by atoms with van der Waals surface area (Å²) in [5, 5.41) is 0. The highest BCUT2D eigenvalue weighted by atomic mass is 35.5. The van der Waals surface area contributed by atoms with E-state index in [9.17, 15) is 4.79 Å². The summed E-state index contributed by atoms with van der Waals surface area (Å²) in [6, 6.07) is 3.36. The van der Waals surface area contributed by atoms with Gasteiger partial charge in [0.15, 0.2) is 0 Å². The van der Waals surface area contributed by atoms with E-state index in [1.807, 2.05) is 0 Å². The Morgan fingerprint density at radius 2 is 1.69 bits per heavy atom. The number of halogens is 3. The molecule has 1 aromatic heterocycles. The van der Waals surface area contributed by atoms with Gasteiger partial charge in [0.05, 0.1) is 0 Å². The molecule has 0 aromatic carbocycles. The highest BCUT2D eigenvalue weighted by molar-refractivity contribution is 6.18. The van der Waals surface area contributed by atoms with Gasteiger partial charge < -0.3 is 4.90 Å². The van der Waals surface area contributed by atoms with Crippen molar-refractivity contribution in [3.05, 3.63) is 30.1 Å². The summed E-state index contributed by atoms with van der Waals surface area (Å²) < 4.78 is 0. The van der Waals surface area contributed by atoms with Gasteiger partial charge in [-0.15, -0.1) is 35.6 Å². The summed E-state index contributed by atoms with van der Waals surface area (Å²) in [5.74, 6) is 0.764. The predicted octanol–water partition coefficient (Wildman–Crippen LogP) is 2.42. The highest BCUT2D eigenvalue weighted by Crippen LogP contribution is 2.04. The summed E-state index contributed by atoms with van der Waals surface area (Å²) >= 11 is 11.2. The third-order valence-corrected chi connectivity index (χ3v) is 2.26. The topological polar surface area (TPSA) is 33.2 Å². The first kappa shape index (κ1) is 15.5. The Morgan fingerprint density at radius 1 is 1.19 bits per heavy atom. The van der Waals surface area contributed by atoms with Gasteiger partial charge in [-0.1, -0.05) is 0 Å². The monoisotopic (exact) mass is 282 g/mol. The molecule has 90 valence electrons. The first-order valence-electron chi connectivity index (χ1n) is 4.61. The number of hydrogen-bond donors (Lipinski definition) is 0. The molecular weight excluding hydrogens is 270 g/mol. The van der Waals surface area contributed by atoms with E-state index in [0.29, 0.717) is 30.4 Å². The molecule has 0 saturated carbocycles. The van der Waals surface area contributed by atoms with E-state index in [1.165, 1.54) is 0 Å². The van der Waals surface area contributed by atoms with Crippen molar-refractivity contribution in [3.63, 3.8) is 0 Å². The fourth-order valence-corrected chi connectivity index (χ4v) is 1.60. The Kier molecular flexibility index (Phi) is 8.35. The van der Waals surface area contributed by atoms with Crippen LogP contribution in [0.2, 0.25) is 0 Å². The van der Waals surface area contributed by atoms with Crippen LogP contribution in [0, 0.1) is 0 Å². The lowest BCUT2D eigenvalue weighted by molar-refractivity contribution is 0.0775. The molecule has 0 spiro atoms. The molecule has 0 aliphatic heterocycles. The van der Waals surface area contributed by atoms with Gasteiger partial charge in [-0.25, -0.2) is 0 Å². The molecule has 1 rings (SSSR count). The van der Waals surface area contributed by atoms with Crippen molar-refractivity contribution < 1.29 is 4.79 Å². The largest absolute Gasteiger partial charge is 0.336 e. The number of pyridine rings is 1. The number of hydrogen-bond acceptors (Lipinski definition) is 2. The van der Waals surface area contributed by atoms with Gasteiger partial charge in [0.1, 0.15) is 0 Å². The molecule has 0 fully saturated rings. The highest BCUT2D eigenvalue weighted by Gasteiger charge is 2.13. The molecule has 0 aliphatic carbocycles. The molecule has 0 aliphatic rings. The lowest BCUT2D eigenvalue weighted by Crippen LogP contribution is -2.34. The summed E-state index contributed by atoms with van der Waals surface area (Å²) in [4.78, 5) is 17.4. The minimum atomic E-state index is -0.0568. The Bertz CT molecular complexity index is 302. The van der Waals surface area contributed by atoms with Gasteiger partial charge in [-0.2, -0.15) is 0 Å². The zero-order valence-electron chi connectivity index (χ0n) is 8.60. The quantitative estimate of drug-likeness (QED) is 0.778. The van der Waals surface area contributed by atoms with Crippen molar-refractivity contribution in [1.29, 1.82) is 0 Å². The van der Waals surface area contributed by atoms with Crippen molar-refractivity contribution >= 4 is 41.5 Å². The van der Waals surface area contributed by atoms with Crippen LogP contribution in [0.15, 0.2) is 24.5 Å². The van der Waals surface area contributed by atoms with E-state index >= 15 is 0 Å². The molecule has 1 heterocycles. The minimum Gasteiger partial charge on any atom is -0.336 e. The maximum atomic E-state index is 11.9. The van der Waals surface area contributed by atoms with Crippen LogP contribution < -0.4 is 0 Å². The van der Waals surface area contributed by atoms with Gasteiger partial charge in [0, 0.05) is 42.8 Å². The maximum absolute atomic E-state index is 11.9. The van der Waals surface area contributed by atoms with Crippen LogP contribution in [0.4, 0.5) is 0 Å². The van der Waals surface area contributed by atoms with E-state index in [1.54, 1.807) is 29.4 Å². The zero-order chi connectivity index (χ0) is 11.1. The van der Waals surface area contributed by atoms with Gasteiger partial charge in [-0.3, -0.25) is 9.78 Å². The lowest BCUT2D eigenvalue weighted by Gasteiger charge is -2.20. The number of carbonyl (C=O) groups excluding carboxylic acids is 1. The van der Waals surface area contributed by atoms with Crippen LogP contribution in [-0.2, 0) is 0 Å². The molecule has 3 nitrogen and oxygen atoms in total. The number of rotatable bonds is 5. The van der Waals surface area contributed by atoms with E-state index in [-0.39, 0.29) is 18.3 Å². The van der Waals surface area contributed by atoms with Crippen molar-refractivity contribution in [2.75, 3.05) is 24.8 Å². The zero-order valence-corrected chi connectivity index (χ0v) is 10.9. The molecule has 1 aromatic rings. The molecule has 0 saturated heterocycles. The lowest BCUT2D eigenvalue weighted by atomic mass is 10.2. The molecule has 0 bridgehead atoms. The maximum Gasteiger partial charge on any atom is 0.254 e. The van der Waals surface area contributed by atoms with E-state index in [4.69, 9.17) is 23.2 Å². The van der Waals surface area contributed by atoms with Gasteiger partial charge in [0.2, 0.25) is 0 Å². The van der Waals surface area contributed by atoms with Crippen LogP contribution in [-0.4, -0.2) is 40.6 Å². The SMILES string of the molecule is Cl.O=C(c1ccncc1)N(CCCl)CCCl. The molecule has 6 heteroatoms. The molecular formula is C10H13Cl3N2O. The fraction of sp³-hybridized carbons (Fsp3) is 0.400. The number of carbonyl (C=O) groups is 1. The summed E-state index contributed by atoms with van der Waals surface area (Å²) in [5.41, 5.74) is 0.611. The summed E-state index contributed by atoms with van der Waals surface area (Å²) in [6.45, 7) is 1.02. The first-order valence-corrected chi connectivity index (χ1v) is 5.67. The van der Waals surface area contributed by atoms with E-state index in [0.717, 1.165) is 0 Å². The number of alkyl halides is 2. The molecule has 0 radical (unpaired) electrons. The van der Waals surface area contributed by atoms with E-state index in [2.05, 4.69) is 4.98 Å². The van der Waals surface area contributed by atoms with Crippen molar-refractivity contribution in [3.8, 4) is 0 Å². The standard InChI is InChI=1S/C10H12Cl2N2O.ClH/c11-3-7-14(8-4-12)10(15)9-1-5-13-6-2-9;/h1-2,5-6H,3-4,7-8H2;1H. The van der Waals surface area contributed by atoms with Gasteiger partial charge >= 0.3 is 0 Å². The summed E-state index contributed by atoms with van der Waals surface area (Å²) in [6.07, 6.45) is 3.18. The Hall–Kier alpha value is -0.510. The third kappa shape index (κ3) is 4.56. The molecule has 16 heavy (non-hydrogen) atoms. The third-order valence-electron chi connectivity index (χ3n) is 1.92. The summed E-state index contributed by atoms with van der Waals surface area (Å²) in [7, 11) is 0. The van der Waals surface area contributed by atoms with Crippen LogP contribution in [0.5, 0.6) is 0 Å². The number of aromatic nitrogens is 1.